The van der Waals surface area contributed by atoms with Crippen LogP contribution in [-0.2, 0) is 14.2 Å². The van der Waals surface area contributed by atoms with Gasteiger partial charge in [-0.2, -0.15) is 0 Å². The molecule has 1 saturated carbocycles. The number of ether oxygens (including phenoxy) is 3. The Morgan fingerprint density at radius 2 is 1.83 bits per heavy atom. The van der Waals surface area contributed by atoms with E-state index in [-0.39, 0.29) is 12.6 Å². The molecule has 0 radical (unpaired) electrons. The topological polar surface area (TPSA) is 27.7 Å². The van der Waals surface area contributed by atoms with Gasteiger partial charge in [0.05, 0.1) is 6.10 Å². The van der Waals surface area contributed by atoms with Crippen LogP contribution in [0.5, 0.6) is 0 Å². The average molecular weight is 254 g/mol. The Labute approximate surface area is 110 Å². The largest absolute Gasteiger partial charge is 0.355 e. The van der Waals surface area contributed by atoms with Crippen molar-refractivity contribution >= 4 is 0 Å². The Balaban J connectivity index is 1.86. The number of methoxy groups -OCH3 is 1. The summed E-state index contributed by atoms with van der Waals surface area (Å²) >= 11 is 0. The maximum absolute atomic E-state index is 6.13. The predicted molar refractivity (Wildman–Crippen MR) is 68.9 cm³/mol. The van der Waals surface area contributed by atoms with E-state index in [9.17, 15) is 0 Å². The summed E-state index contributed by atoms with van der Waals surface area (Å²) in [4.78, 5) is 0. The van der Waals surface area contributed by atoms with Crippen molar-refractivity contribution in [3.8, 4) is 0 Å². The first kappa shape index (κ1) is 12.9. The lowest BCUT2D eigenvalue weighted by atomic mass is 9.65. The molecule has 3 aliphatic rings. The monoisotopic (exact) mass is 254 g/mol. The summed E-state index contributed by atoms with van der Waals surface area (Å²) in [5.41, 5.74) is 0. The van der Waals surface area contributed by atoms with Gasteiger partial charge < -0.3 is 14.2 Å². The van der Waals surface area contributed by atoms with Gasteiger partial charge in [-0.1, -0.05) is 13.3 Å². The van der Waals surface area contributed by atoms with Crippen molar-refractivity contribution in [2.45, 2.75) is 64.6 Å². The van der Waals surface area contributed by atoms with Crippen LogP contribution in [0.3, 0.4) is 0 Å². The van der Waals surface area contributed by atoms with Crippen LogP contribution in [0.2, 0.25) is 0 Å². The second kappa shape index (κ2) is 5.10. The summed E-state index contributed by atoms with van der Waals surface area (Å²) in [5.74, 6) is 2.62. The predicted octanol–water partition coefficient (Wildman–Crippen LogP) is 3.18. The molecular weight excluding hydrogens is 228 g/mol. The van der Waals surface area contributed by atoms with Crippen molar-refractivity contribution in [1.82, 2.24) is 0 Å². The SMILES string of the molecule is COC1O[C@@H]2O[C@@H](C)CCC3CCC[C@H]([C@@H]32)[C@H]1C. The highest BCUT2D eigenvalue weighted by molar-refractivity contribution is 4.92. The third kappa shape index (κ3) is 2.10. The second-order valence-electron chi connectivity index (χ2n) is 6.42. The van der Waals surface area contributed by atoms with E-state index >= 15 is 0 Å². The van der Waals surface area contributed by atoms with Crippen LogP contribution in [0.25, 0.3) is 0 Å². The average Bonchev–Trinajstić information content (AvgIpc) is 2.54. The zero-order valence-corrected chi connectivity index (χ0v) is 11.8. The van der Waals surface area contributed by atoms with E-state index in [0.717, 1.165) is 11.8 Å². The molecule has 0 amide bonds. The van der Waals surface area contributed by atoms with Gasteiger partial charge in [-0.25, -0.2) is 0 Å². The van der Waals surface area contributed by atoms with Crippen LogP contribution < -0.4 is 0 Å². The van der Waals surface area contributed by atoms with Crippen LogP contribution in [0.15, 0.2) is 0 Å². The third-order valence-corrected chi connectivity index (χ3v) is 5.38. The maximum Gasteiger partial charge on any atom is 0.164 e. The first-order valence-corrected chi connectivity index (χ1v) is 7.54. The molecule has 18 heavy (non-hydrogen) atoms. The fraction of sp³-hybridized carbons (Fsp3) is 1.00. The molecule has 2 heterocycles. The Hall–Kier alpha value is -0.120. The summed E-state index contributed by atoms with van der Waals surface area (Å²) in [5, 5.41) is 0. The zero-order chi connectivity index (χ0) is 12.7. The molecule has 0 aromatic rings. The van der Waals surface area contributed by atoms with Crippen molar-refractivity contribution in [3.05, 3.63) is 0 Å². The van der Waals surface area contributed by atoms with Gasteiger partial charge in [-0.05, 0) is 44.4 Å². The first-order chi connectivity index (χ1) is 8.70. The van der Waals surface area contributed by atoms with E-state index in [2.05, 4.69) is 13.8 Å². The quantitative estimate of drug-likeness (QED) is 0.719. The molecule has 0 aromatic carbocycles. The van der Waals surface area contributed by atoms with E-state index in [4.69, 9.17) is 14.2 Å². The van der Waals surface area contributed by atoms with Crippen molar-refractivity contribution in [2.24, 2.45) is 23.7 Å². The van der Waals surface area contributed by atoms with Crippen molar-refractivity contribution in [2.75, 3.05) is 7.11 Å². The molecule has 3 heteroatoms. The van der Waals surface area contributed by atoms with E-state index in [0.29, 0.717) is 17.9 Å². The minimum atomic E-state index is -0.0831. The van der Waals surface area contributed by atoms with E-state index in [1.807, 2.05) is 0 Å². The normalized spacial score (nSPS) is 52.5. The molecular formula is C15H26O3. The summed E-state index contributed by atoms with van der Waals surface area (Å²) in [6.45, 7) is 4.46. The maximum atomic E-state index is 6.13. The minimum absolute atomic E-state index is 0.0288. The van der Waals surface area contributed by atoms with Crippen LogP contribution >= 0.6 is 0 Å². The molecule has 2 unspecified atom stereocenters. The van der Waals surface area contributed by atoms with Crippen LogP contribution in [0, 0.1) is 23.7 Å². The summed E-state index contributed by atoms with van der Waals surface area (Å²) in [6.07, 6.45) is 6.76. The molecule has 0 spiro atoms. The van der Waals surface area contributed by atoms with Gasteiger partial charge in [0.2, 0.25) is 0 Å². The summed E-state index contributed by atoms with van der Waals surface area (Å²) < 4.78 is 17.7. The molecule has 0 aromatic heterocycles. The Morgan fingerprint density at radius 1 is 1.00 bits per heavy atom. The van der Waals surface area contributed by atoms with Crippen molar-refractivity contribution < 1.29 is 14.2 Å². The summed E-state index contributed by atoms with van der Waals surface area (Å²) in [6, 6.07) is 0. The zero-order valence-electron chi connectivity index (χ0n) is 11.8. The van der Waals surface area contributed by atoms with Crippen LogP contribution in [0.1, 0.15) is 46.0 Å². The standard InChI is InChI=1S/C15H26O3/c1-9-7-8-11-5-4-6-12-10(2)14(16-3)18-15(17-9)13(11)12/h9-15H,4-8H2,1-3H3/t9-,10+,11?,12-,13+,14?,15-/m0/s1. The van der Waals surface area contributed by atoms with E-state index in [1.165, 1.54) is 32.1 Å². The summed E-state index contributed by atoms with van der Waals surface area (Å²) in [7, 11) is 1.75. The lowest BCUT2D eigenvalue weighted by Crippen LogP contribution is -2.52. The fourth-order valence-corrected chi connectivity index (χ4v) is 4.41. The third-order valence-electron chi connectivity index (χ3n) is 5.38. The molecule has 3 nitrogen and oxygen atoms in total. The van der Waals surface area contributed by atoms with Crippen molar-refractivity contribution in [1.29, 1.82) is 0 Å². The van der Waals surface area contributed by atoms with Gasteiger partial charge in [0, 0.05) is 18.9 Å². The van der Waals surface area contributed by atoms with Crippen molar-refractivity contribution in [3.63, 3.8) is 0 Å². The molecule has 3 fully saturated rings. The number of rotatable bonds is 1. The lowest BCUT2D eigenvalue weighted by molar-refractivity contribution is -0.326. The van der Waals surface area contributed by atoms with Gasteiger partial charge in [0.25, 0.3) is 0 Å². The Morgan fingerprint density at radius 3 is 2.61 bits per heavy atom. The van der Waals surface area contributed by atoms with E-state index < -0.39 is 0 Å². The first-order valence-electron chi connectivity index (χ1n) is 7.54. The van der Waals surface area contributed by atoms with Gasteiger partial charge in [-0.3, -0.25) is 0 Å². The Bertz CT molecular complexity index is 293. The molecule has 2 aliphatic heterocycles. The Kier molecular flexibility index (Phi) is 3.65. The highest BCUT2D eigenvalue weighted by atomic mass is 16.8. The van der Waals surface area contributed by atoms with Crippen LogP contribution in [0.4, 0.5) is 0 Å². The van der Waals surface area contributed by atoms with Gasteiger partial charge in [0.1, 0.15) is 0 Å². The number of hydrogen-bond donors (Lipinski definition) is 0. The smallest absolute Gasteiger partial charge is 0.164 e. The highest BCUT2D eigenvalue weighted by Gasteiger charge is 2.50. The second-order valence-corrected chi connectivity index (χ2v) is 6.42. The molecule has 2 saturated heterocycles. The molecule has 3 rings (SSSR count). The molecule has 0 N–H and O–H groups in total. The molecule has 1 aliphatic carbocycles. The molecule has 104 valence electrons. The molecule has 0 bridgehead atoms. The molecule has 7 atom stereocenters. The fourth-order valence-electron chi connectivity index (χ4n) is 4.41. The van der Waals surface area contributed by atoms with Gasteiger partial charge in [0.15, 0.2) is 12.6 Å². The number of hydrogen-bond acceptors (Lipinski definition) is 3. The van der Waals surface area contributed by atoms with Gasteiger partial charge >= 0.3 is 0 Å². The van der Waals surface area contributed by atoms with Crippen LogP contribution in [-0.4, -0.2) is 25.8 Å². The highest BCUT2D eigenvalue weighted by Crippen LogP contribution is 2.50. The van der Waals surface area contributed by atoms with E-state index in [1.54, 1.807) is 7.11 Å². The van der Waals surface area contributed by atoms with Gasteiger partial charge in [-0.15, -0.1) is 0 Å². The minimum Gasteiger partial charge on any atom is -0.355 e. The lowest BCUT2D eigenvalue weighted by Gasteiger charge is -2.49.